The SMILES string of the molecule is CCc1nc(-c2c(-c3ccccc3)ncn2C[C@H](O)c2cccnc2)c(C)[nH]1. The number of aromatic nitrogens is 5. The van der Waals surface area contributed by atoms with Gasteiger partial charge in [0.2, 0.25) is 0 Å². The van der Waals surface area contributed by atoms with Crippen molar-refractivity contribution in [2.24, 2.45) is 0 Å². The summed E-state index contributed by atoms with van der Waals surface area (Å²) in [7, 11) is 0. The minimum absolute atomic E-state index is 0.370. The largest absolute Gasteiger partial charge is 0.386 e. The van der Waals surface area contributed by atoms with Crippen LogP contribution in [-0.2, 0) is 13.0 Å². The van der Waals surface area contributed by atoms with Crippen LogP contribution in [0, 0.1) is 6.92 Å². The smallest absolute Gasteiger partial charge is 0.110 e. The fourth-order valence-corrected chi connectivity index (χ4v) is 3.36. The highest BCUT2D eigenvalue weighted by Gasteiger charge is 2.21. The third-order valence-corrected chi connectivity index (χ3v) is 4.82. The number of aromatic amines is 1. The topological polar surface area (TPSA) is 79.6 Å². The Morgan fingerprint density at radius 3 is 2.61 bits per heavy atom. The van der Waals surface area contributed by atoms with Gasteiger partial charge in [0, 0.05) is 35.6 Å². The van der Waals surface area contributed by atoms with E-state index in [4.69, 9.17) is 4.98 Å². The van der Waals surface area contributed by atoms with Crippen molar-refractivity contribution in [2.45, 2.75) is 32.9 Å². The molecule has 0 spiro atoms. The maximum absolute atomic E-state index is 10.7. The first kappa shape index (κ1) is 18.1. The quantitative estimate of drug-likeness (QED) is 0.536. The Morgan fingerprint density at radius 1 is 1.11 bits per heavy atom. The van der Waals surface area contributed by atoms with Crippen LogP contribution in [0.5, 0.6) is 0 Å². The molecule has 2 N–H and O–H groups in total. The van der Waals surface area contributed by atoms with Crippen LogP contribution in [0.15, 0.2) is 61.2 Å². The first-order chi connectivity index (χ1) is 13.7. The average Bonchev–Trinajstić information content (AvgIpc) is 3.32. The van der Waals surface area contributed by atoms with Crippen molar-refractivity contribution in [1.82, 2.24) is 24.5 Å². The van der Waals surface area contributed by atoms with E-state index in [-0.39, 0.29) is 0 Å². The Balaban J connectivity index is 1.80. The van der Waals surface area contributed by atoms with E-state index >= 15 is 0 Å². The molecule has 28 heavy (non-hydrogen) atoms. The molecule has 4 rings (SSSR count). The number of rotatable bonds is 6. The molecule has 0 saturated carbocycles. The van der Waals surface area contributed by atoms with Gasteiger partial charge in [-0.3, -0.25) is 4.98 Å². The molecule has 4 aromatic rings. The van der Waals surface area contributed by atoms with Gasteiger partial charge < -0.3 is 14.7 Å². The summed E-state index contributed by atoms with van der Waals surface area (Å²) in [6, 6.07) is 13.8. The number of aliphatic hydroxyl groups is 1. The molecule has 6 heteroatoms. The predicted molar refractivity (Wildman–Crippen MR) is 109 cm³/mol. The molecule has 0 aliphatic heterocycles. The van der Waals surface area contributed by atoms with Gasteiger partial charge in [0.15, 0.2) is 0 Å². The van der Waals surface area contributed by atoms with Crippen LogP contribution in [-0.4, -0.2) is 29.6 Å². The van der Waals surface area contributed by atoms with E-state index in [0.717, 1.165) is 46.1 Å². The normalized spacial score (nSPS) is 12.2. The lowest BCUT2D eigenvalue weighted by atomic mass is 10.1. The van der Waals surface area contributed by atoms with E-state index < -0.39 is 6.10 Å². The molecule has 0 aliphatic carbocycles. The maximum atomic E-state index is 10.7. The summed E-state index contributed by atoms with van der Waals surface area (Å²) in [6.45, 7) is 4.46. The van der Waals surface area contributed by atoms with Crippen LogP contribution in [0.3, 0.4) is 0 Å². The summed E-state index contributed by atoms with van der Waals surface area (Å²) >= 11 is 0. The van der Waals surface area contributed by atoms with Crippen LogP contribution in [0.2, 0.25) is 0 Å². The number of hydrogen-bond acceptors (Lipinski definition) is 4. The van der Waals surface area contributed by atoms with Gasteiger partial charge in [0.05, 0.1) is 30.4 Å². The number of nitrogens with one attached hydrogen (secondary N) is 1. The zero-order chi connectivity index (χ0) is 19.5. The molecule has 0 unspecified atom stereocenters. The van der Waals surface area contributed by atoms with Crippen LogP contribution >= 0.6 is 0 Å². The zero-order valence-corrected chi connectivity index (χ0v) is 16.0. The minimum atomic E-state index is -0.685. The van der Waals surface area contributed by atoms with Gasteiger partial charge in [-0.2, -0.15) is 0 Å². The summed E-state index contributed by atoms with van der Waals surface area (Å²) in [5, 5.41) is 10.7. The van der Waals surface area contributed by atoms with Crippen LogP contribution in [0.1, 0.15) is 30.1 Å². The Bertz CT molecular complexity index is 1050. The Morgan fingerprint density at radius 2 is 1.93 bits per heavy atom. The Hall–Kier alpha value is -3.25. The van der Waals surface area contributed by atoms with Crippen molar-refractivity contribution < 1.29 is 5.11 Å². The molecular weight excluding hydrogens is 350 g/mol. The average molecular weight is 373 g/mol. The minimum Gasteiger partial charge on any atom is -0.386 e. The highest BCUT2D eigenvalue weighted by molar-refractivity contribution is 5.78. The third-order valence-electron chi connectivity index (χ3n) is 4.82. The summed E-state index contributed by atoms with van der Waals surface area (Å²) in [5.41, 5.74) is 5.42. The highest BCUT2D eigenvalue weighted by Crippen LogP contribution is 2.33. The van der Waals surface area contributed by atoms with Gasteiger partial charge in [-0.25, -0.2) is 9.97 Å². The van der Waals surface area contributed by atoms with Crippen molar-refractivity contribution >= 4 is 0 Å². The highest BCUT2D eigenvalue weighted by atomic mass is 16.3. The molecular formula is C22H23N5O. The van der Waals surface area contributed by atoms with Crippen molar-refractivity contribution in [3.63, 3.8) is 0 Å². The zero-order valence-electron chi connectivity index (χ0n) is 16.0. The van der Waals surface area contributed by atoms with E-state index in [0.29, 0.717) is 6.54 Å². The van der Waals surface area contributed by atoms with Crippen LogP contribution < -0.4 is 0 Å². The van der Waals surface area contributed by atoms with Gasteiger partial charge in [0.25, 0.3) is 0 Å². The molecule has 1 aromatic carbocycles. The molecule has 1 atom stereocenters. The lowest BCUT2D eigenvalue weighted by Gasteiger charge is -2.14. The van der Waals surface area contributed by atoms with Gasteiger partial charge in [-0.05, 0) is 13.0 Å². The van der Waals surface area contributed by atoms with Crippen molar-refractivity contribution in [3.8, 4) is 22.6 Å². The van der Waals surface area contributed by atoms with Crippen molar-refractivity contribution in [3.05, 3.63) is 78.3 Å². The van der Waals surface area contributed by atoms with E-state index in [1.165, 1.54) is 0 Å². The molecule has 142 valence electrons. The summed E-state index contributed by atoms with van der Waals surface area (Å²) < 4.78 is 1.97. The number of benzene rings is 1. The molecule has 6 nitrogen and oxygen atoms in total. The van der Waals surface area contributed by atoms with Gasteiger partial charge in [-0.15, -0.1) is 0 Å². The van der Waals surface area contributed by atoms with E-state index in [1.54, 1.807) is 18.7 Å². The maximum Gasteiger partial charge on any atom is 0.110 e. The second-order valence-electron chi connectivity index (χ2n) is 6.77. The second-order valence-corrected chi connectivity index (χ2v) is 6.77. The molecule has 0 bridgehead atoms. The molecule has 3 heterocycles. The number of aryl methyl sites for hydroxylation is 2. The third kappa shape index (κ3) is 3.46. The number of hydrogen-bond donors (Lipinski definition) is 2. The summed E-state index contributed by atoms with van der Waals surface area (Å²) in [5.74, 6) is 0.937. The van der Waals surface area contributed by atoms with Gasteiger partial charge in [0.1, 0.15) is 11.5 Å². The molecule has 0 fully saturated rings. The summed E-state index contributed by atoms with van der Waals surface area (Å²) in [6.07, 6.45) is 5.31. The lowest BCUT2D eigenvalue weighted by molar-refractivity contribution is 0.156. The van der Waals surface area contributed by atoms with Crippen LogP contribution in [0.25, 0.3) is 22.6 Å². The predicted octanol–water partition coefficient (Wildman–Crippen LogP) is 3.94. The first-order valence-electron chi connectivity index (χ1n) is 9.41. The monoisotopic (exact) mass is 373 g/mol. The fourth-order valence-electron chi connectivity index (χ4n) is 3.36. The van der Waals surface area contributed by atoms with Crippen molar-refractivity contribution in [1.29, 1.82) is 0 Å². The number of nitrogens with zero attached hydrogens (tertiary/aromatic N) is 4. The fraction of sp³-hybridized carbons (Fsp3) is 0.227. The Labute approximate surface area is 164 Å². The summed E-state index contributed by atoms with van der Waals surface area (Å²) in [4.78, 5) is 16.9. The van der Waals surface area contributed by atoms with E-state index in [2.05, 4.69) is 21.9 Å². The van der Waals surface area contributed by atoms with E-state index in [9.17, 15) is 5.11 Å². The molecule has 0 radical (unpaired) electrons. The van der Waals surface area contributed by atoms with Crippen molar-refractivity contribution in [2.75, 3.05) is 0 Å². The molecule has 0 aliphatic rings. The number of H-pyrrole nitrogens is 1. The second kappa shape index (κ2) is 7.78. The van der Waals surface area contributed by atoms with Gasteiger partial charge >= 0.3 is 0 Å². The first-order valence-corrected chi connectivity index (χ1v) is 9.41. The standard InChI is InChI=1S/C22H23N5O/c1-3-19-25-15(2)20(26-19)22-21(16-8-5-4-6-9-16)24-14-27(22)13-18(28)17-10-7-11-23-12-17/h4-12,14,18,28H,3,13H2,1-2H3,(H,25,26)/t18-/m0/s1. The molecule has 0 saturated heterocycles. The Kier molecular flexibility index (Phi) is 5.04. The number of imidazole rings is 2. The number of pyridine rings is 1. The van der Waals surface area contributed by atoms with Gasteiger partial charge in [-0.1, -0.05) is 43.3 Å². The lowest BCUT2D eigenvalue weighted by Crippen LogP contribution is -2.10. The molecule has 3 aromatic heterocycles. The molecule has 0 amide bonds. The number of aliphatic hydroxyl groups excluding tert-OH is 1. The van der Waals surface area contributed by atoms with E-state index in [1.807, 2.05) is 54.0 Å². The van der Waals surface area contributed by atoms with Crippen LogP contribution in [0.4, 0.5) is 0 Å².